The monoisotopic (exact) mass is 481 g/mol. The standard InChI is InChI=1S/C21H18F3N5OS.ClH/c22-21(23,24)14-3-1-12(2-4-14)16-11-31-20(27-16)15-10-26-29-17(9-18(30)28-19(15)29)13-5-7-25-8-6-13;/h1-4,9-11,13,25H,5-8H2,(H,28,30);1H. The van der Waals surface area contributed by atoms with Crippen LogP contribution in [0.25, 0.3) is 27.5 Å². The second-order valence-electron chi connectivity index (χ2n) is 7.51. The third kappa shape index (κ3) is 4.17. The molecule has 0 radical (unpaired) electrons. The van der Waals surface area contributed by atoms with Crippen LogP contribution in [0, 0.1) is 0 Å². The van der Waals surface area contributed by atoms with Crippen LogP contribution in [0.5, 0.6) is 0 Å². The molecule has 4 aromatic rings. The highest BCUT2D eigenvalue weighted by molar-refractivity contribution is 7.13. The molecule has 3 aromatic heterocycles. The van der Waals surface area contributed by atoms with Gasteiger partial charge >= 0.3 is 6.18 Å². The average Bonchev–Trinajstić information content (AvgIpc) is 3.40. The Hall–Kier alpha value is -2.69. The van der Waals surface area contributed by atoms with E-state index in [9.17, 15) is 18.0 Å². The van der Waals surface area contributed by atoms with Gasteiger partial charge in [-0.05, 0) is 38.1 Å². The Morgan fingerprint density at radius 2 is 1.84 bits per heavy atom. The highest BCUT2D eigenvalue weighted by Crippen LogP contribution is 2.34. The van der Waals surface area contributed by atoms with Crippen LogP contribution >= 0.6 is 23.7 Å². The molecule has 0 saturated carbocycles. The van der Waals surface area contributed by atoms with Crippen molar-refractivity contribution in [1.82, 2.24) is 24.9 Å². The van der Waals surface area contributed by atoms with E-state index in [2.05, 4.69) is 20.4 Å². The Labute approximate surface area is 190 Å². The first kappa shape index (κ1) is 22.5. The number of hydrogen-bond acceptors (Lipinski definition) is 5. The van der Waals surface area contributed by atoms with Crippen molar-refractivity contribution in [3.63, 3.8) is 0 Å². The molecule has 0 bridgehead atoms. The molecular weight excluding hydrogens is 463 g/mol. The van der Waals surface area contributed by atoms with Crippen LogP contribution in [0.2, 0.25) is 0 Å². The van der Waals surface area contributed by atoms with Crippen LogP contribution < -0.4 is 10.9 Å². The van der Waals surface area contributed by atoms with Crippen molar-refractivity contribution in [2.75, 3.05) is 13.1 Å². The molecule has 0 unspecified atom stereocenters. The summed E-state index contributed by atoms with van der Waals surface area (Å²) in [4.78, 5) is 19.8. The zero-order valence-corrected chi connectivity index (χ0v) is 18.3. The number of benzene rings is 1. The lowest BCUT2D eigenvalue weighted by Crippen LogP contribution is -2.28. The second-order valence-corrected chi connectivity index (χ2v) is 8.37. The molecule has 0 amide bonds. The lowest BCUT2D eigenvalue weighted by Gasteiger charge is -2.23. The van der Waals surface area contributed by atoms with Gasteiger partial charge in [-0.1, -0.05) is 12.1 Å². The lowest BCUT2D eigenvalue weighted by atomic mass is 9.94. The van der Waals surface area contributed by atoms with Gasteiger partial charge in [0.05, 0.1) is 28.7 Å². The molecule has 1 fully saturated rings. The van der Waals surface area contributed by atoms with Crippen LogP contribution in [0.1, 0.15) is 30.0 Å². The van der Waals surface area contributed by atoms with Gasteiger partial charge < -0.3 is 10.3 Å². The molecule has 0 spiro atoms. The molecule has 1 saturated heterocycles. The molecule has 1 aliphatic rings. The van der Waals surface area contributed by atoms with Crippen molar-refractivity contribution in [3.05, 3.63) is 63.5 Å². The Balaban J connectivity index is 0.00000245. The maximum atomic E-state index is 12.8. The smallest absolute Gasteiger partial charge is 0.317 e. The van der Waals surface area contributed by atoms with Gasteiger partial charge in [0.25, 0.3) is 5.56 Å². The number of thiazole rings is 1. The van der Waals surface area contributed by atoms with Gasteiger partial charge in [-0.3, -0.25) is 4.79 Å². The van der Waals surface area contributed by atoms with Crippen LogP contribution in [-0.4, -0.2) is 32.7 Å². The molecule has 168 valence electrons. The second kappa shape index (κ2) is 8.68. The minimum atomic E-state index is -4.37. The molecule has 32 heavy (non-hydrogen) atoms. The molecule has 0 aliphatic carbocycles. The van der Waals surface area contributed by atoms with Crippen molar-refractivity contribution in [2.24, 2.45) is 0 Å². The van der Waals surface area contributed by atoms with Crippen molar-refractivity contribution in [1.29, 1.82) is 0 Å². The molecule has 2 N–H and O–H groups in total. The molecule has 11 heteroatoms. The summed E-state index contributed by atoms with van der Waals surface area (Å²) in [6, 6.07) is 6.53. The Morgan fingerprint density at radius 1 is 1.12 bits per heavy atom. The predicted molar refractivity (Wildman–Crippen MR) is 119 cm³/mol. The zero-order valence-electron chi connectivity index (χ0n) is 16.6. The number of rotatable bonds is 3. The van der Waals surface area contributed by atoms with Gasteiger partial charge in [0.2, 0.25) is 0 Å². The summed E-state index contributed by atoms with van der Waals surface area (Å²) in [6.45, 7) is 1.80. The van der Waals surface area contributed by atoms with E-state index < -0.39 is 11.7 Å². The molecule has 0 atom stereocenters. The van der Waals surface area contributed by atoms with E-state index in [1.165, 1.54) is 23.5 Å². The number of nitrogens with one attached hydrogen (secondary N) is 2. The number of nitrogens with zero attached hydrogens (tertiary/aromatic N) is 3. The third-order valence-corrected chi connectivity index (χ3v) is 6.41. The summed E-state index contributed by atoms with van der Waals surface area (Å²) in [6.07, 6.45) is -0.835. The number of fused-ring (bicyclic) bond motifs is 1. The highest BCUT2D eigenvalue weighted by atomic mass is 35.5. The van der Waals surface area contributed by atoms with E-state index in [1.807, 2.05) is 0 Å². The first-order chi connectivity index (χ1) is 14.9. The van der Waals surface area contributed by atoms with E-state index >= 15 is 0 Å². The first-order valence-corrected chi connectivity index (χ1v) is 10.7. The largest absolute Gasteiger partial charge is 0.416 e. The topological polar surface area (TPSA) is 75.1 Å². The van der Waals surface area contributed by atoms with Crippen molar-refractivity contribution in [2.45, 2.75) is 24.9 Å². The number of alkyl halides is 3. The van der Waals surface area contributed by atoms with Gasteiger partial charge in [0.1, 0.15) is 10.7 Å². The van der Waals surface area contributed by atoms with E-state index in [0.717, 1.165) is 43.8 Å². The maximum absolute atomic E-state index is 12.8. The molecule has 4 heterocycles. The molecule has 1 aliphatic heterocycles. The number of H-pyrrole nitrogens is 1. The highest BCUT2D eigenvalue weighted by Gasteiger charge is 2.30. The minimum Gasteiger partial charge on any atom is -0.317 e. The normalized spacial score (nSPS) is 15.1. The number of hydrogen-bond donors (Lipinski definition) is 2. The predicted octanol–water partition coefficient (Wildman–Crippen LogP) is 4.72. The van der Waals surface area contributed by atoms with E-state index in [1.54, 1.807) is 22.2 Å². The Bertz CT molecular complexity index is 1290. The van der Waals surface area contributed by atoms with Crippen LogP contribution in [-0.2, 0) is 6.18 Å². The fourth-order valence-corrected chi connectivity index (χ4v) is 4.78. The SMILES string of the molecule is Cl.O=c1cc(C2CCNCC2)n2ncc(-c3nc(-c4ccc(C(F)(F)F)cc4)cs3)c2[nH]1. The van der Waals surface area contributed by atoms with Crippen molar-refractivity contribution >= 4 is 29.4 Å². The quantitative estimate of drug-likeness (QED) is 0.444. The molecule has 6 nitrogen and oxygen atoms in total. The third-order valence-electron chi connectivity index (χ3n) is 5.53. The van der Waals surface area contributed by atoms with Crippen molar-refractivity contribution in [3.8, 4) is 21.8 Å². The summed E-state index contributed by atoms with van der Waals surface area (Å²) in [5, 5.41) is 10.3. The first-order valence-electron chi connectivity index (χ1n) is 9.85. The van der Waals surface area contributed by atoms with Crippen LogP contribution in [0.15, 0.2) is 46.7 Å². The number of aromatic amines is 1. The fraction of sp³-hybridized carbons (Fsp3) is 0.286. The van der Waals surface area contributed by atoms with Gasteiger partial charge in [-0.15, -0.1) is 23.7 Å². The number of halogens is 4. The summed E-state index contributed by atoms with van der Waals surface area (Å²) in [7, 11) is 0. The molecular formula is C21H19ClF3N5OS. The van der Waals surface area contributed by atoms with Gasteiger partial charge in [0.15, 0.2) is 0 Å². The van der Waals surface area contributed by atoms with E-state index in [0.29, 0.717) is 27.5 Å². The summed E-state index contributed by atoms with van der Waals surface area (Å²) in [5.41, 5.74) is 2.43. The summed E-state index contributed by atoms with van der Waals surface area (Å²) < 4.78 is 40.2. The van der Waals surface area contributed by atoms with Crippen LogP contribution in [0.4, 0.5) is 13.2 Å². The maximum Gasteiger partial charge on any atom is 0.416 e. The van der Waals surface area contributed by atoms with Gasteiger partial charge in [0, 0.05) is 22.9 Å². The van der Waals surface area contributed by atoms with Crippen LogP contribution in [0.3, 0.4) is 0 Å². The number of aromatic nitrogens is 4. The van der Waals surface area contributed by atoms with Crippen molar-refractivity contribution < 1.29 is 13.2 Å². The Morgan fingerprint density at radius 3 is 2.53 bits per heavy atom. The minimum absolute atomic E-state index is 0. The van der Waals surface area contributed by atoms with E-state index in [4.69, 9.17) is 0 Å². The van der Waals surface area contributed by atoms with Gasteiger partial charge in [-0.25, -0.2) is 9.50 Å². The van der Waals surface area contributed by atoms with E-state index in [-0.39, 0.29) is 23.9 Å². The summed E-state index contributed by atoms with van der Waals surface area (Å²) in [5.74, 6) is 0.248. The zero-order chi connectivity index (χ0) is 21.6. The molecule has 1 aromatic carbocycles. The fourth-order valence-electron chi connectivity index (χ4n) is 3.94. The summed E-state index contributed by atoms with van der Waals surface area (Å²) >= 11 is 1.36. The lowest BCUT2D eigenvalue weighted by molar-refractivity contribution is -0.137. The van der Waals surface area contributed by atoms with Gasteiger partial charge in [-0.2, -0.15) is 18.3 Å². The average molecular weight is 482 g/mol. The Kier molecular flexibility index (Phi) is 6.11. The number of piperidine rings is 1. The molecule has 5 rings (SSSR count).